The molecule has 4 aromatic rings. The number of sulfonamides is 1. The predicted molar refractivity (Wildman–Crippen MR) is 157 cm³/mol. The fourth-order valence-electron chi connectivity index (χ4n) is 5.33. The molecule has 2 atom stereocenters. The van der Waals surface area contributed by atoms with Crippen LogP contribution in [0.5, 0.6) is 5.75 Å². The maximum Gasteiger partial charge on any atom is 0.244 e. The van der Waals surface area contributed by atoms with Gasteiger partial charge in [0.05, 0.1) is 23.6 Å². The number of amides is 1. The van der Waals surface area contributed by atoms with Crippen LogP contribution in [0.3, 0.4) is 0 Å². The zero-order valence-corrected chi connectivity index (χ0v) is 23.6. The smallest absolute Gasteiger partial charge is 0.244 e. The van der Waals surface area contributed by atoms with Gasteiger partial charge in [-0.2, -0.15) is 4.31 Å². The lowest BCUT2D eigenvalue weighted by molar-refractivity contribution is -0.119. The van der Waals surface area contributed by atoms with Gasteiger partial charge in [0.1, 0.15) is 5.75 Å². The van der Waals surface area contributed by atoms with Gasteiger partial charge in [-0.15, -0.1) is 0 Å². The van der Waals surface area contributed by atoms with Crippen molar-refractivity contribution in [3.63, 3.8) is 0 Å². The van der Waals surface area contributed by atoms with E-state index in [1.54, 1.807) is 12.1 Å². The van der Waals surface area contributed by atoms with Crippen molar-refractivity contribution in [3.8, 4) is 5.75 Å². The average molecular weight is 558 g/mol. The molecule has 4 aromatic carbocycles. The number of ether oxygens (including phenoxy) is 1. The first-order chi connectivity index (χ1) is 19.2. The Labute approximate surface area is 236 Å². The second-order valence-electron chi connectivity index (χ2n) is 10.5. The molecule has 1 heterocycles. The molecule has 8 heteroatoms. The van der Waals surface area contributed by atoms with Crippen molar-refractivity contribution < 1.29 is 17.9 Å². The van der Waals surface area contributed by atoms with Gasteiger partial charge in [-0.05, 0) is 40.1 Å². The highest BCUT2D eigenvalue weighted by Gasteiger charge is 2.41. The van der Waals surface area contributed by atoms with Crippen LogP contribution in [0.25, 0.3) is 10.8 Å². The number of nitrogens with zero attached hydrogens (tertiary/aromatic N) is 1. The van der Waals surface area contributed by atoms with Crippen LogP contribution in [0.1, 0.15) is 55.5 Å². The summed E-state index contributed by atoms with van der Waals surface area (Å²) in [5, 5.41) is 5.18. The Bertz CT molecular complexity index is 1610. The summed E-state index contributed by atoms with van der Waals surface area (Å²) < 4.78 is 36.8. The summed E-state index contributed by atoms with van der Waals surface area (Å²) in [6.45, 7) is 5.19. The molecule has 3 N–H and O–H groups in total. The quantitative estimate of drug-likeness (QED) is 0.269. The van der Waals surface area contributed by atoms with Crippen molar-refractivity contribution in [3.05, 3.63) is 108 Å². The predicted octanol–water partition coefficient (Wildman–Crippen LogP) is 5.47. The van der Waals surface area contributed by atoms with Gasteiger partial charge in [0.15, 0.2) is 0 Å². The summed E-state index contributed by atoms with van der Waals surface area (Å²) in [6.07, 6.45) is 0.283. The molecule has 7 nitrogen and oxygen atoms in total. The Hall–Kier alpha value is -3.72. The monoisotopic (exact) mass is 557 g/mol. The molecule has 40 heavy (non-hydrogen) atoms. The van der Waals surface area contributed by atoms with Crippen molar-refractivity contribution in [1.29, 1.82) is 0 Å². The van der Waals surface area contributed by atoms with E-state index in [1.165, 1.54) is 4.31 Å². The van der Waals surface area contributed by atoms with Gasteiger partial charge in [0.25, 0.3) is 0 Å². The Morgan fingerprint density at radius 1 is 0.975 bits per heavy atom. The summed E-state index contributed by atoms with van der Waals surface area (Å²) >= 11 is 0. The fraction of sp³-hybridized carbons (Fsp3) is 0.281. The molecular weight excluding hydrogens is 522 g/mol. The molecule has 208 valence electrons. The normalized spacial score (nSPS) is 16.1. The Balaban J connectivity index is 1.66. The Kier molecular flexibility index (Phi) is 8.21. The molecule has 0 radical (unpaired) electrons. The molecule has 0 saturated carbocycles. The van der Waals surface area contributed by atoms with Gasteiger partial charge in [0, 0.05) is 31.0 Å². The maximum atomic E-state index is 14.6. The molecule has 1 aliphatic heterocycles. The van der Waals surface area contributed by atoms with E-state index < -0.39 is 28.0 Å². The lowest BCUT2D eigenvalue weighted by atomic mass is 9.95. The third-order valence-corrected chi connectivity index (χ3v) is 9.20. The van der Waals surface area contributed by atoms with Crippen molar-refractivity contribution in [1.82, 2.24) is 9.62 Å². The molecule has 0 bridgehead atoms. The van der Waals surface area contributed by atoms with Crippen LogP contribution < -0.4 is 15.8 Å². The lowest BCUT2D eigenvalue weighted by Crippen LogP contribution is -2.41. The summed E-state index contributed by atoms with van der Waals surface area (Å²) in [7, 11) is -4.10. The highest BCUT2D eigenvalue weighted by atomic mass is 32.2. The van der Waals surface area contributed by atoms with E-state index in [2.05, 4.69) is 19.2 Å². The molecule has 1 aliphatic rings. The minimum absolute atomic E-state index is 0.153. The average Bonchev–Trinajstić information content (AvgIpc) is 2.95. The standard InChI is InChI=1S/C32H35N3O4S/c1-22(2)34-21-23-12-15-28-29(16-17-39-31(28)18-23)35(30(20-32(33)36)25-9-4-3-5-10-25)40(37,38)27-14-13-24-8-6-7-11-26(24)19-27/h3-15,18-19,22,29-30,34H,16-17,20-21H2,1-2H3,(H2,33,36). The van der Waals surface area contributed by atoms with E-state index in [0.717, 1.165) is 21.9 Å². The van der Waals surface area contributed by atoms with Crippen LogP contribution >= 0.6 is 0 Å². The van der Waals surface area contributed by atoms with Crippen molar-refractivity contribution >= 4 is 26.7 Å². The second-order valence-corrected chi connectivity index (χ2v) is 12.3. The first-order valence-electron chi connectivity index (χ1n) is 13.6. The van der Waals surface area contributed by atoms with E-state index in [9.17, 15) is 13.2 Å². The fourth-order valence-corrected chi connectivity index (χ4v) is 7.18. The SMILES string of the molecule is CC(C)NCc1ccc2c(c1)OCCC2N(C(CC(N)=O)c1ccccc1)S(=O)(=O)c1ccc2ccccc2c1. The van der Waals surface area contributed by atoms with Crippen molar-refractivity contribution in [2.45, 2.75) is 56.3 Å². The Morgan fingerprint density at radius 2 is 1.70 bits per heavy atom. The number of rotatable bonds is 10. The van der Waals surface area contributed by atoms with E-state index in [1.807, 2.05) is 78.9 Å². The maximum absolute atomic E-state index is 14.6. The summed E-state index contributed by atoms with van der Waals surface area (Å²) in [5.41, 5.74) is 8.26. The topological polar surface area (TPSA) is 102 Å². The molecular formula is C32H35N3O4S. The van der Waals surface area contributed by atoms with Crippen LogP contribution in [-0.4, -0.2) is 31.3 Å². The molecule has 0 spiro atoms. The number of primary amides is 1. The van der Waals surface area contributed by atoms with E-state index in [4.69, 9.17) is 10.5 Å². The van der Waals surface area contributed by atoms with Crippen LogP contribution in [0, 0.1) is 0 Å². The van der Waals surface area contributed by atoms with Gasteiger partial charge >= 0.3 is 0 Å². The molecule has 2 unspecified atom stereocenters. The van der Waals surface area contributed by atoms with Gasteiger partial charge in [-0.1, -0.05) is 86.6 Å². The molecule has 5 rings (SSSR count). The van der Waals surface area contributed by atoms with Crippen LogP contribution in [0.2, 0.25) is 0 Å². The summed E-state index contributed by atoms with van der Waals surface area (Å²) in [4.78, 5) is 12.6. The van der Waals surface area contributed by atoms with E-state index in [0.29, 0.717) is 36.9 Å². The van der Waals surface area contributed by atoms with Crippen molar-refractivity contribution in [2.24, 2.45) is 5.73 Å². The highest BCUT2D eigenvalue weighted by molar-refractivity contribution is 7.89. The van der Waals surface area contributed by atoms with Crippen LogP contribution in [0.4, 0.5) is 0 Å². The molecule has 0 saturated heterocycles. The van der Waals surface area contributed by atoms with E-state index >= 15 is 0 Å². The number of fused-ring (bicyclic) bond motifs is 2. The first kappa shape index (κ1) is 27.8. The van der Waals surface area contributed by atoms with Crippen LogP contribution in [-0.2, 0) is 21.4 Å². The zero-order valence-electron chi connectivity index (χ0n) is 22.8. The summed E-state index contributed by atoms with van der Waals surface area (Å²) in [5.74, 6) is 0.0823. The molecule has 0 fully saturated rings. The highest BCUT2D eigenvalue weighted by Crippen LogP contribution is 2.45. The Morgan fingerprint density at radius 3 is 2.42 bits per heavy atom. The van der Waals surface area contributed by atoms with Gasteiger partial charge in [0.2, 0.25) is 15.9 Å². The lowest BCUT2D eigenvalue weighted by Gasteiger charge is -2.39. The molecule has 0 aromatic heterocycles. The number of hydrogen-bond acceptors (Lipinski definition) is 5. The molecule has 0 aliphatic carbocycles. The number of carbonyl (C=O) groups is 1. The minimum Gasteiger partial charge on any atom is -0.493 e. The number of nitrogens with one attached hydrogen (secondary N) is 1. The van der Waals surface area contributed by atoms with Crippen molar-refractivity contribution in [2.75, 3.05) is 6.61 Å². The largest absolute Gasteiger partial charge is 0.493 e. The van der Waals surface area contributed by atoms with Gasteiger partial charge in [-0.3, -0.25) is 4.79 Å². The number of nitrogens with two attached hydrogens (primary N) is 1. The summed E-state index contributed by atoms with van der Waals surface area (Å²) in [6, 6.07) is 26.9. The van der Waals surface area contributed by atoms with Gasteiger partial charge < -0.3 is 15.8 Å². The van der Waals surface area contributed by atoms with E-state index in [-0.39, 0.29) is 11.3 Å². The number of hydrogen-bond donors (Lipinski definition) is 2. The zero-order chi connectivity index (χ0) is 28.3. The number of benzene rings is 4. The minimum atomic E-state index is -4.10. The third-order valence-electron chi connectivity index (χ3n) is 7.29. The molecule has 1 amide bonds. The third kappa shape index (κ3) is 5.89. The number of carbonyl (C=O) groups excluding carboxylic acids is 1. The second kappa shape index (κ2) is 11.8. The van der Waals surface area contributed by atoms with Crippen LogP contribution in [0.15, 0.2) is 95.9 Å². The van der Waals surface area contributed by atoms with Gasteiger partial charge in [-0.25, -0.2) is 8.42 Å². The first-order valence-corrected chi connectivity index (χ1v) is 15.0.